The minimum absolute atomic E-state index is 0.273. The van der Waals surface area contributed by atoms with Gasteiger partial charge in [0.15, 0.2) is 0 Å². The summed E-state index contributed by atoms with van der Waals surface area (Å²) >= 11 is 0. The maximum atomic E-state index is 11.9. The SMILES string of the molecule is C=C(C)C(=O)OC1CCCN(C(=O)OC(C)(C)C)C1. The van der Waals surface area contributed by atoms with E-state index >= 15 is 0 Å². The zero-order valence-corrected chi connectivity index (χ0v) is 12.2. The third-order valence-electron chi connectivity index (χ3n) is 2.65. The Hall–Kier alpha value is -1.52. The highest BCUT2D eigenvalue weighted by atomic mass is 16.6. The summed E-state index contributed by atoms with van der Waals surface area (Å²) in [7, 11) is 0. The molecule has 1 aliphatic heterocycles. The minimum Gasteiger partial charge on any atom is -0.457 e. The monoisotopic (exact) mass is 269 g/mol. The Balaban J connectivity index is 2.52. The van der Waals surface area contributed by atoms with E-state index in [0.717, 1.165) is 12.8 Å². The van der Waals surface area contributed by atoms with Crippen LogP contribution < -0.4 is 0 Å². The zero-order chi connectivity index (χ0) is 14.6. The Labute approximate surface area is 114 Å². The normalized spacial score (nSPS) is 19.8. The predicted molar refractivity (Wildman–Crippen MR) is 71.7 cm³/mol. The van der Waals surface area contributed by atoms with Gasteiger partial charge in [0.1, 0.15) is 11.7 Å². The molecule has 5 heteroatoms. The molecule has 1 amide bonds. The summed E-state index contributed by atoms with van der Waals surface area (Å²) < 4.78 is 10.6. The molecule has 0 saturated carbocycles. The molecular formula is C14H23NO4. The molecule has 0 aromatic carbocycles. The minimum atomic E-state index is -0.515. The molecule has 1 atom stereocenters. The summed E-state index contributed by atoms with van der Waals surface area (Å²) in [6.45, 7) is 11.6. The second-order valence-electron chi connectivity index (χ2n) is 5.88. The van der Waals surface area contributed by atoms with Crippen molar-refractivity contribution in [3.8, 4) is 0 Å². The van der Waals surface area contributed by atoms with Gasteiger partial charge in [-0.25, -0.2) is 9.59 Å². The molecule has 1 aliphatic rings. The summed E-state index contributed by atoms with van der Waals surface area (Å²) in [4.78, 5) is 25.0. The summed E-state index contributed by atoms with van der Waals surface area (Å²) in [5.41, 5.74) is -0.146. The lowest BCUT2D eigenvalue weighted by Gasteiger charge is -2.33. The third-order valence-corrected chi connectivity index (χ3v) is 2.65. The molecule has 0 bridgehead atoms. The van der Waals surface area contributed by atoms with Gasteiger partial charge in [-0.15, -0.1) is 0 Å². The van der Waals surface area contributed by atoms with Gasteiger partial charge in [-0.2, -0.15) is 0 Å². The maximum absolute atomic E-state index is 11.9. The van der Waals surface area contributed by atoms with Crippen LogP contribution in [0.4, 0.5) is 4.79 Å². The second-order valence-corrected chi connectivity index (χ2v) is 5.88. The lowest BCUT2D eigenvalue weighted by Crippen LogP contribution is -2.46. The Morgan fingerprint density at radius 2 is 1.95 bits per heavy atom. The summed E-state index contributed by atoms with van der Waals surface area (Å²) in [5.74, 6) is -0.406. The molecule has 5 nitrogen and oxygen atoms in total. The maximum Gasteiger partial charge on any atom is 0.410 e. The van der Waals surface area contributed by atoms with Gasteiger partial charge in [0.05, 0.1) is 6.54 Å². The zero-order valence-electron chi connectivity index (χ0n) is 12.2. The Bertz CT molecular complexity index is 370. The molecule has 0 aromatic heterocycles. The molecule has 19 heavy (non-hydrogen) atoms. The van der Waals surface area contributed by atoms with Crippen molar-refractivity contribution in [3.05, 3.63) is 12.2 Å². The average Bonchev–Trinajstić information content (AvgIpc) is 2.27. The first-order valence-electron chi connectivity index (χ1n) is 6.53. The summed E-state index contributed by atoms with van der Waals surface area (Å²) in [5, 5.41) is 0. The van der Waals surface area contributed by atoms with Crippen LogP contribution in [0.1, 0.15) is 40.5 Å². The lowest BCUT2D eigenvalue weighted by molar-refractivity contribution is -0.146. The molecule has 1 rings (SSSR count). The molecule has 0 aromatic rings. The van der Waals surface area contributed by atoms with Crippen LogP contribution in [-0.2, 0) is 14.3 Å². The van der Waals surface area contributed by atoms with E-state index in [9.17, 15) is 9.59 Å². The van der Waals surface area contributed by atoms with Crippen molar-refractivity contribution in [2.24, 2.45) is 0 Å². The van der Waals surface area contributed by atoms with E-state index < -0.39 is 11.6 Å². The fraction of sp³-hybridized carbons (Fsp3) is 0.714. The number of carbonyl (C=O) groups is 2. The van der Waals surface area contributed by atoms with Crippen molar-refractivity contribution in [1.82, 2.24) is 4.90 Å². The number of hydrogen-bond acceptors (Lipinski definition) is 4. The largest absolute Gasteiger partial charge is 0.457 e. The summed E-state index contributed by atoms with van der Waals surface area (Å²) in [6.07, 6.45) is 0.931. The Morgan fingerprint density at radius 1 is 1.32 bits per heavy atom. The highest BCUT2D eigenvalue weighted by Gasteiger charge is 2.29. The van der Waals surface area contributed by atoms with Crippen LogP contribution in [0.5, 0.6) is 0 Å². The third kappa shape index (κ3) is 5.32. The van der Waals surface area contributed by atoms with Crippen LogP contribution in [0.2, 0.25) is 0 Å². The molecule has 0 spiro atoms. The number of hydrogen-bond donors (Lipinski definition) is 0. The van der Waals surface area contributed by atoms with E-state index in [-0.39, 0.29) is 12.2 Å². The molecule has 1 saturated heterocycles. The van der Waals surface area contributed by atoms with E-state index in [1.54, 1.807) is 11.8 Å². The van der Waals surface area contributed by atoms with Crippen LogP contribution in [0, 0.1) is 0 Å². The topological polar surface area (TPSA) is 55.8 Å². The van der Waals surface area contributed by atoms with E-state index in [1.807, 2.05) is 20.8 Å². The number of likely N-dealkylation sites (tertiary alicyclic amines) is 1. The fourth-order valence-corrected chi connectivity index (χ4v) is 1.78. The van der Waals surface area contributed by atoms with Gasteiger partial charge in [-0.3, -0.25) is 0 Å². The fourth-order valence-electron chi connectivity index (χ4n) is 1.78. The number of piperidine rings is 1. The van der Waals surface area contributed by atoms with E-state index in [2.05, 4.69) is 6.58 Å². The van der Waals surface area contributed by atoms with Gasteiger partial charge in [0.25, 0.3) is 0 Å². The number of rotatable bonds is 2. The molecule has 1 heterocycles. The van der Waals surface area contributed by atoms with Gasteiger partial charge < -0.3 is 14.4 Å². The van der Waals surface area contributed by atoms with Crippen LogP contribution in [0.3, 0.4) is 0 Å². The van der Waals surface area contributed by atoms with E-state index in [0.29, 0.717) is 18.7 Å². The second kappa shape index (κ2) is 6.08. The van der Waals surface area contributed by atoms with E-state index in [1.165, 1.54) is 0 Å². The molecule has 0 aliphatic carbocycles. The van der Waals surface area contributed by atoms with Crippen molar-refractivity contribution < 1.29 is 19.1 Å². The van der Waals surface area contributed by atoms with Gasteiger partial charge >= 0.3 is 12.1 Å². The van der Waals surface area contributed by atoms with Crippen LogP contribution in [0.25, 0.3) is 0 Å². The van der Waals surface area contributed by atoms with Crippen molar-refractivity contribution in [3.63, 3.8) is 0 Å². The van der Waals surface area contributed by atoms with Crippen molar-refractivity contribution in [2.45, 2.75) is 52.2 Å². The number of amides is 1. The first-order chi connectivity index (χ1) is 8.69. The van der Waals surface area contributed by atoms with E-state index in [4.69, 9.17) is 9.47 Å². The molecule has 0 radical (unpaired) electrons. The summed E-state index contributed by atoms with van der Waals surface area (Å²) in [6, 6.07) is 0. The van der Waals surface area contributed by atoms with Gasteiger partial charge in [0, 0.05) is 12.1 Å². The number of carbonyl (C=O) groups excluding carboxylic acids is 2. The predicted octanol–water partition coefficient (Wildman–Crippen LogP) is 2.51. The average molecular weight is 269 g/mol. The smallest absolute Gasteiger partial charge is 0.410 e. The van der Waals surface area contributed by atoms with Gasteiger partial charge in [-0.05, 0) is 40.5 Å². The lowest BCUT2D eigenvalue weighted by atomic mass is 10.1. The first kappa shape index (κ1) is 15.5. The molecule has 108 valence electrons. The molecule has 1 fully saturated rings. The number of ether oxygens (including phenoxy) is 2. The molecular weight excluding hydrogens is 246 g/mol. The quantitative estimate of drug-likeness (QED) is 0.571. The first-order valence-corrected chi connectivity index (χ1v) is 6.53. The standard InChI is InChI=1S/C14H23NO4/c1-10(2)12(16)18-11-7-6-8-15(9-11)13(17)19-14(3,4)5/h11H,1,6-9H2,2-5H3. The van der Waals surface area contributed by atoms with Gasteiger partial charge in [0.2, 0.25) is 0 Å². The van der Waals surface area contributed by atoms with Crippen molar-refractivity contribution in [2.75, 3.05) is 13.1 Å². The van der Waals surface area contributed by atoms with Crippen LogP contribution in [-0.4, -0.2) is 41.8 Å². The Morgan fingerprint density at radius 3 is 2.47 bits per heavy atom. The Kier molecular flexibility index (Phi) is 4.97. The van der Waals surface area contributed by atoms with Gasteiger partial charge in [-0.1, -0.05) is 6.58 Å². The van der Waals surface area contributed by atoms with Crippen LogP contribution >= 0.6 is 0 Å². The van der Waals surface area contributed by atoms with Crippen molar-refractivity contribution >= 4 is 12.1 Å². The highest BCUT2D eigenvalue weighted by Crippen LogP contribution is 2.17. The molecule has 0 N–H and O–H groups in total. The number of esters is 1. The highest BCUT2D eigenvalue weighted by molar-refractivity contribution is 5.87. The van der Waals surface area contributed by atoms with Crippen LogP contribution in [0.15, 0.2) is 12.2 Å². The molecule has 1 unspecified atom stereocenters. The van der Waals surface area contributed by atoms with Crippen molar-refractivity contribution in [1.29, 1.82) is 0 Å². The number of nitrogens with zero attached hydrogens (tertiary/aromatic N) is 1.